The number of nitrogens with two attached hydrogens (primary N) is 2. The monoisotopic (exact) mass is 628 g/mol. The lowest BCUT2D eigenvalue weighted by molar-refractivity contribution is -0.132. The number of aromatic nitrogens is 2. The molecule has 228 valence electrons. The molecule has 3 aromatic carbocycles. The van der Waals surface area contributed by atoms with Crippen LogP contribution >= 0.6 is 22.9 Å². The van der Waals surface area contributed by atoms with Crippen molar-refractivity contribution < 1.29 is 9.59 Å². The molecule has 2 unspecified atom stereocenters. The Morgan fingerprint density at radius 2 is 1.91 bits per heavy atom. The van der Waals surface area contributed by atoms with E-state index < -0.39 is 0 Å². The van der Waals surface area contributed by atoms with Crippen molar-refractivity contribution in [3.05, 3.63) is 83.0 Å². The van der Waals surface area contributed by atoms with Crippen LogP contribution in [0, 0.1) is 0 Å². The normalized spacial score (nSPS) is 16.0. The molecule has 1 saturated heterocycles. The van der Waals surface area contributed by atoms with Crippen molar-refractivity contribution in [1.82, 2.24) is 19.8 Å². The van der Waals surface area contributed by atoms with Crippen LogP contribution in [0.2, 0.25) is 5.02 Å². The number of carbonyl (C=O) groups is 2. The van der Waals surface area contributed by atoms with E-state index in [1.807, 2.05) is 23.1 Å². The first kappa shape index (κ1) is 30.1. The Labute approximate surface area is 266 Å². The van der Waals surface area contributed by atoms with Crippen LogP contribution in [-0.4, -0.2) is 51.9 Å². The Morgan fingerprint density at radius 3 is 2.70 bits per heavy atom. The molecule has 1 aliphatic rings. The maximum absolute atomic E-state index is 13.4. The van der Waals surface area contributed by atoms with Gasteiger partial charge in [-0.1, -0.05) is 59.3 Å². The minimum absolute atomic E-state index is 0.0532. The van der Waals surface area contributed by atoms with E-state index in [-0.39, 0.29) is 23.8 Å². The maximum atomic E-state index is 13.4. The largest absolute Gasteiger partial charge is 0.375 e. The minimum Gasteiger partial charge on any atom is -0.375 e. The molecule has 0 aliphatic carbocycles. The molecule has 0 bridgehead atoms. The Balaban J connectivity index is 1.09. The number of thiazole rings is 1. The van der Waals surface area contributed by atoms with E-state index in [9.17, 15) is 9.59 Å². The van der Waals surface area contributed by atoms with Crippen LogP contribution in [0.15, 0.2) is 66.7 Å². The SMILES string of the molecule is CC(=O)NCCn1c(C2CCCN(C(=O)CC(N)Cc3ccc(-c4ccc5nc(N)sc5c4)cc3)C2)cc2c(Cl)cccc21. The Hall–Kier alpha value is -3.92. The predicted octanol–water partition coefficient (Wildman–Crippen LogP) is 5.96. The molecule has 0 spiro atoms. The van der Waals surface area contributed by atoms with Crippen molar-refractivity contribution >= 4 is 61.0 Å². The fourth-order valence-electron chi connectivity index (χ4n) is 6.33. The van der Waals surface area contributed by atoms with E-state index in [1.165, 1.54) is 18.3 Å². The number of piperidine rings is 1. The summed E-state index contributed by atoms with van der Waals surface area (Å²) in [5.41, 5.74) is 18.8. The van der Waals surface area contributed by atoms with Crippen LogP contribution in [0.3, 0.4) is 0 Å². The zero-order valence-corrected chi connectivity index (χ0v) is 26.3. The first-order chi connectivity index (χ1) is 21.2. The topological polar surface area (TPSA) is 119 Å². The Morgan fingerprint density at radius 1 is 1.11 bits per heavy atom. The molecule has 10 heteroatoms. The number of hydrogen-bond donors (Lipinski definition) is 3. The van der Waals surface area contributed by atoms with Crippen molar-refractivity contribution in [2.24, 2.45) is 5.73 Å². The molecule has 6 rings (SSSR count). The van der Waals surface area contributed by atoms with Crippen molar-refractivity contribution in [2.45, 2.75) is 51.1 Å². The molecule has 0 radical (unpaired) electrons. The van der Waals surface area contributed by atoms with Gasteiger partial charge in [-0.2, -0.15) is 0 Å². The van der Waals surface area contributed by atoms with Gasteiger partial charge < -0.3 is 26.3 Å². The van der Waals surface area contributed by atoms with E-state index in [0.29, 0.717) is 42.6 Å². The van der Waals surface area contributed by atoms with Gasteiger partial charge in [0.1, 0.15) is 0 Å². The van der Waals surface area contributed by atoms with Gasteiger partial charge in [0.15, 0.2) is 5.13 Å². The highest BCUT2D eigenvalue weighted by Crippen LogP contribution is 2.35. The summed E-state index contributed by atoms with van der Waals surface area (Å²) in [6.07, 6.45) is 2.84. The lowest BCUT2D eigenvalue weighted by Crippen LogP contribution is -2.42. The van der Waals surface area contributed by atoms with Crippen LogP contribution in [-0.2, 0) is 22.6 Å². The molecular weight excluding hydrogens is 592 g/mol. The number of fused-ring (bicyclic) bond motifs is 2. The molecule has 44 heavy (non-hydrogen) atoms. The van der Waals surface area contributed by atoms with E-state index in [1.54, 1.807) is 0 Å². The standard InChI is InChI=1S/C34H37ClN6O2S/c1-21(42)38-13-15-41-30-6-2-5-28(35)27(30)19-31(41)25-4-3-14-40(20-25)33(43)18-26(36)16-22-7-9-23(10-8-22)24-11-12-29-32(17-24)44-34(37)39-29/h2,5-12,17,19,25-26H,3-4,13-16,18,20,36H2,1H3,(H2,37,39)(H,38,42). The third kappa shape index (κ3) is 6.60. The van der Waals surface area contributed by atoms with Gasteiger partial charge in [0, 0.05) is 73.1 Å². The number of carbonyl (C=O) groups excluding carboxylic acids is 2. The van der Waals surface area contributed by atoms with Crippen LogP contribution in [0.25, 0.3) is 32.2 Å². The van der Waals surface area contributed by atoms with Gasteiger partial charge in [0.05, 0.1) is 10.2 Å². The van der Waals surface area contributed by atoms with Crippen LogP contribution < -0.4 is 16.8 Å². The summed E-state index contributed by atoms with van der Waals surface area (Å²) in [6, 6.07) is 22.4. The lowest BCUT2D eigenvalue weighted by Gasteiger charge is -2.34. The maximum Gasteiger partial charge on any atom is 0.224 e. The average molecular weight is 629 g/mol. The number of anilines is 1. The second-order valence-electron chi connectivity index (χ2n) is 11.7. The molecule has 2 atom stereocenters. The van der Waals surface area contributed by atoms with Crippen LogP contribution in [0.5, 0.6) is 0 Å². The molecule has 3 heterocycles. The number of likely N-dealkylation sites (tertiary alicyclic amines) is 1. The third-order valence-electron chi connectivity index (χ3n) is 8.45. The second kappa shape index (κ2) is 13.0. The molecular formula is C34H37ClN6O2S. The average Bonchev–Trinajstić information content (AvgIpc) is 3.57. The number of rotatable bonds is 9. The number of hydrogen-bond acceptors (Lipinski definition) is 6. The summed E-state index contributed by atoms with van der Waals surface area (Å²) in [4.78, 5) is 31.3. The highest BCUT2D eigenvalue weighted by molar-refractivity contribution is 7.22. The molecule has 5 N–H and O–H groups in total. The second-order valence-corrected chi connectivity index (χ2v) is 13.1. The Bertz CT molecular complexity index is 1810. The number of amides is 2. The Kier molecular flexibility index (Phi) is 8.88. The van der Waals surface area contributed by atoms with E-state index in [2.05, 4.69) is 63.4 Å². The fourth-order valence-corrected chi connectivity index (χ4v) is 7.33. The summed E-state index contributed by atoms with van der Waals surface area (Å²) < 4.78 is 3.32. The van der Waals surface area contributed by atoms with E-state index >= 15 is 0 Å². The molecule has 1 aliphatic heterocycles. The van der Waals surface area contributed by atoms with Crippen LogP contribution in [0.1, 0.15) is 43.4 Å². The smallest absolute Gasteiger partial charge is 0.224 e. The first-order valence-corrected chi connectivity index (χ1v) is 16.3. The van der Waals surface area contributed by atoms with Crippen LogP contribution in [0.4, 0.5) is 5.13 Å². The number of halogens is 1. The number of nitrogen functional groups attached to an aromatic ring is 1. The quantitative estimate of drug-likeness (QED) is 0.186. The van der Waals surface area contributed by atoms with Gasteiger partial charge in [-0.25, -0.2) is 4.98 Å². The highest BCUT2D eigenvalue weighted by Gasteiger charge is 2.28. The van der Waals surface area contributed by atoms with Crippen molar-refractivity contribution in [3.8, 4) is 11.1 Å². The summed E-state index contributed by atoms with van der Waals surface area (Å²) in [5, 5.41) is 5.18. The molecule has 0 saturated carbocycles. The number of benzene rings is 3. The number of nitrogens with one attached hydrogen (secondary N) is 1. The summed E-state index contributed by atoms with van der Waals surface area (Å²) in [5.74, 6) is 0.218. The first-order valence-electron chi connectivity index (χ1n) is 15.1. The van der Waals surface area contributed by atoms with Crippen molar-refractivity contribution in [2.75, 3.05) is 25.4 Å². The number of nitrogens with zero attached hydrogens (tertiary/aromatic N) is 3. The molecule has 2 aromatic heterocycles. The predicted molar refractivity (Wildman–Crippen MR) is 180 cm³/mol. The molecule has 8 nitrogen and oxygen atoms in total. The lowest BCUT2D eigenvalue weighted by atomic mass is 9.93. The van der Waals surface area contributed by atoms with E-state index in [4.69, 9.17) is 23.1 Å². The van der Waals surface area contributed by atoms with Crippen molar-refractivity contribution in [1.29, 1.82) is 0 Å². The third-order valence-corrected chi connectivity index (χ3v) is 9.63. The van der Waals surface area contributed by atoms with Gasteiger partial charge in [0.2, 0.25) is 11.8 Å². The zero-order valence-electron chi connectivity index (χ0n) is 24.8. The van der Waals surface area contributed by atoms with Gasteiger partial charge in [-0.15, -0.1) is 0 Å². The van der Waals surface area contributed by atoms with Gasteiger partial charge in [0.25, 0.3) is 0 Å². The van der Waals surface area contributed by atoms with Crippen molar-refractivity contribution in [3.63, 3.8) is 0 Å². The molecule has 1 fully saturated rings. The van der Waals surface area contributed by atoms with Gasteiger partial charge in [-0.3, -0.25) is 9.59 Å². The fraction of sp³-hybridized carbons (Fsp3) is 0.324. The molecule has 2 amide bonds. The summed E-state index contributed by atoms with van der Waals surface area (Å²) in [7, 11) is 0. The van der Waals surface area contributed by atoms with E-state index in [0.717, 1.165) is 62.9 Å². The van der Waals surface area contributed by atoms with Gasteiger partial charge in [-0.05, 0) is 66.3 Å². The highest BCUT2D eigenvalue weighted by atomic mass is 35.5. The zero-order chi connectivity index (χ0) is 30.8. The minimum atomic E-state index is -0.270. The summed E-state index contributed by atoms with van der Waals surface area (Å²) in [6.45, 7) is 4.07. The van der Waals surface area contributed by atoms with Gasteiger partial charge >= 0.3 is 0 Å². The summed E-state index contributed by atoms with van der Waals surface area (Å²) >= 11 is 8.05. The molecule has 5 aromatic rings.